The molecule has 0 aliphatic carbocycles. The number of hydrogen-bond donors (Lipinski definition) is 1. The minimum Gasteiger partial charge on any atom is -0.388 e. The van der Waals surface area contributed by atoms with Gasteiger partial charge in [-0.3, -0.25) is 19.0 Å². The van der Waals surface area contributed by atoms with Gasteiger partial charge in [0.25, 0.3) is 11.5 Å². The third-order valence-corrected chi connectivity index (χ3v) is 10.8. The molecule has 0 unspecified atom stereocenters. The Morgan fingerprint density at radius 3 is 2.49 bits per heavy atom. The number of fused-ring (bicyclic) bond motifs is 1. The smallest absolute Gasteiger partial charge is 0.263 e. The summed E-state index contributed by atoms with van der Waals surface area (Å²) in [5, 5.41) is 12.0. The van der Waals surface area contributed by atoms with Crippen LogP contribution in [0.2, 0.25) is 0 Å². The van der Waals surface area contributed by atoms with E-state index >= 15 is 0 Å². The molecule has 47 heavy (non-hydrogen) atoms. The van der Waals surface area contributed by atoms with Gasteiger partial charge in [0.2, 0.25) is 5.91 Å². The second kappa shape index (κ2) is 12.5. The Bertz CT molecular complexity index is 2000. The molecule has 3 aromatic heterocycles. The molecule has 9 nitrogen and oxygen atoms in total. The van der Waals surface area contributed by atoms with E-state index in [0.717, 1.165) is 5.56 Å². The SMILES string of the molecule is Cn1ccc2c(=O)n(CC3(O)CCN(C(=O)[C@@H]4CCN(C(=O)c5ccc(-c6ccccc6F)s5)C[C@H]4c4ccccc4)CC3)cnc21. The summed E-state index contributed by atoms with van der Waals surface area (Å²) < 4.78 is 17.7. The fourth-order valence-electron chi connectivity index (χ4n) is 7.03. The zero-order valence-electron chi connectivity index (χ0n) is 26.1. The van der Waals surface area contributed by atoms with Crippen LogP contribution in [0.3, 0.4) is 0 Å². The molecule has 242 valence electrons. The van der Waals surface area contributed by atoms with Crippen LogP contribution in [0, 0.1) is 11.7 Å². The van der Waals surface area contributed by atoms with Crippen molar-refractivity contribution in [3.05, 3.63) is 112 Å². The van der Waals surface area contributed by atoms with Gasteiger partial charge in [0.05, 0.1) is 22.4 Å². The molecule has 0 spiro atoms. The van der Waals surface area contributed by atoms with Gasteiger partial charge >= 0.3 is 0 Å². The van der Waals surface area contributed by atoms with Crippen LogP contribution in [0.15, 0.2) is 90.1 Å². The molecule has 5 aromatic rings. The van der Waals surface area contributed by atoms with Crippen molar-refractivity contribution in [2.45, 2.75) is 37.3 Å². The lowest BCUT2D eigenvalue weighted by Gasteiger charge is -2.43. The summed E-state index contributed by atoms with van der Waals surface area (Å²) in [7, 11) is 1.83. The monoisotopic (exact) mass is 653 g/mol. The summed E-state index contributed by atoms with van der Waals surface area (Å²) in [5.74, 6) is -0.943. The first-order chi connectivity index (χ1) is 22.7. The minimum atomic E-state index is -1.14. The average Bonchev–Trinajstić information content (AvgIpc) is 3.73. The first-order valence-electron chi connectivity index (χ1n) is 15.9. The highest BCUT2D eigenvalue weighted by Crippen LogP contribution is 2.37. The molecule has 1 N–H and O–H groups in total. The van der Waals surface area contributed by atoms with E-state index in [4.69, 9.17) is 0 Å². The van der Waals surface area contributed by atoms with Crippen LogP contribution in [-0.4, -0.2) is 72.6 Å². The number of benzene rings is 2. The lowest BCUT2D eigenvalue weighted by atomic mass is 9.79. The molecule has 2 amide bonds. The van der Waals surface area contributed by atoms with Gasteiger partial charge in [-0.05, 0) is 49.1 Å². The summed E-state index contributed by atoms with van der Waals surface area (Å²) in [5.41, 5.74) is 0.736. The lowest BCUT2D eigenvalue weighted by molar-refractivity contribution is -0.142. The van der Waals surface area contributed by atoms with Gasteiger partial charge in [-0.15, -0.1) is 11.3 Å². The highest BCUT2D eigenvalue weighted by molar-refractivity contribution is 7.17. The van der Waals surface area contributed by atoms with Gasteiger partial charge in [-0.25, -0.2) is 9.37 Å². The molecule has 7 rings (SSSR count). The largest absolute Gasteiger partial charge is 0.388 e. The van der Waals surface area contributed by atoms with Crippen molar-refractivity contribution < 1.29 is 19.1 Å². The number of piperidine rings is 2. The van der Waals surface area contributed by atoms with Gasteiger partial charge in [0.1, 0.15) is 17.8 Å². The maximum absolute atomic E-state index is 14.4. The van der Waals surface area contributed by atoms with Crippen LogP contribution in [0.5, 0.6) is 0 Å². The van der Waals surface area contributed by atoms with Gasteiger partial charge in [-0.2, -0.15) is 0 Å². The molecule has 2 saturated heterocycles. The zero-order valence-corrected chi connectivity index (χ0v) is 26.9. The van der Waals surface area contributed by atoms with Gasteiger partial charge in [0.15, 0.2) is 0 Å². The van der Waals surface area contributed by atoms with Crippen molar-refractivity contribution in [1.29, 1.82) is 0 Å². The maximum Gasteiger partial charge on any atom is 0.263 e. The first kappa shape index (κ1) is 31.0. The van der Waals surface area contributed by atoms with Crippen LogP contribution in [0.4, 0.5) is 4.39 Å². The van der Waals surface area contributed by atoms with E-state index in [1.807, 2.05) is 47.2 Å². The molecule has 2 aliphatic rings. The number of carbonyl (C=O) groups is 2. The Balaban J connectivity index is 1.04. The summed E-state index contributed by atoms with van der Waals surface area (Å²) in [4.78, 5) is 50.1. The number of thiophene rings is 1. The third kappa shape index (κ3) is 6.01. The molecule has 2 fully saturated rings. The number of aliphatic hydroxyl groups is 1. The zero-order chi connectivity index (χ0) is 32.7. The molecular weight excluding hydrogens is 617 g/mol. The molecule has 5 heterocycles. The summed E-state index contributed by atoms with van der Waals surface area (Å²) in [6.07, 6.45) is 4.46. The predicted molar refractivity (Wildman–Crippen MR) is 179 cm³/mol. The van der Waals surface area contributed by atoms with Crippen LogP contribution in [0.25, 0.3) is 21.5 Å². The number of amides is 2. The number of aryl methyl sites for hydroxylation is 1. The molecular formula is C36H36FN5O4S. The number of halogens is 1. The number of aromatic nitrogens is 3. The van der Waals surface area contributed by atoms with Crippen molar-refractivity contribution in [3.63, 3.8) is 0 Å². The Morgan fingerprint density at radius 1 is 0.979 bits per heavy atom. The average molecular weight is 654 g/mol. The molecule has 0 bridgehead atoms. The van der Waals surface area contributed by atoms with Crippen LogP contribution < -0.4 is 5.56 Å². The highest BCUT2D eigenvalue weighted by atomic mass is 32.1. The lowest BCUT2D eigenvalue weighted by Crippen LogP contribution is -2.53. The van der Waals surface area contributed by atoms with Gasteiger partial charge < -0.3 is 19.5 Å². The van der Waals surface area contributed by atoms with E-state index in [1.54, 1.807) is 47.2 Å². The van der Waals surface area contributed by atoms with E-state index in [1.165, 1.54) is 28.3 Å². The Labute approximate surface area is 275 Å². The fraction of sp³-hybridized carbons (Fsp3) is 0.333. The molecule has 0 saturated carbocycles. The Morgan fingerprint density at radius 2 is 1.72 bits per heavy atom. The second-order valence-electron chi connectivity index (χ2n) is 12.7. The summed E-state index contributed by atoms with van der Waals surface area (Å²) in [6, 6.07) is 21.6. The molecule has 2 atom stereocenters. The van der Waals surface area contributed by atoms with E-state index in [-0.39, 0.29) is 41.6 Å². The van der Waals surface area contributed by atoms with Crippen LogP contribution >= 0.6 is 11.3 Å². The number of likely N-dealkylation sites (tertiary alicyclic amines) is 2. The molecule has 2 aromatic carbocycles. The number of nitrogens with zero attached hydrogens (tertiary/aromatic N) is 5. The van der Waals surface area contributed by atoms with Crippen molar-refractivity contribution in [1.82, 2.24) is 23.9 Å². The number of hydrogen-bond acceptors (Lipinski definition) is 6. The maximum atomic E-state index is 14.4. The van der Waals surface area contributed by atoms with Gasteiger partial charge in [-0.1, -0.05) is 48.5 Å². The third-order valence-electron chi connectivity index (χ3n) is 9.72. The van der Waals surface area contributed by atoms with Crippen LogP contribution in [0.1, 0.15) is 40.4 Å². The van der Waals surface area contributed by atoms with Crippen molar-refractivity contribution >= 4 is 34.2 Å². The predicted octanol–water partition coefficient (Wildman–Crippen LogP) is 4.90. The number of carbonyl (C=O) groups excluding carboxylic acids is 2. The topological polar surface area (TPSA) is 101 Å². The molecule has 11 heteroatoms. The van der Waals surface area contributed by atoms with E-state index in [2.05, 4.69) is 4.98 Å². The summed E-state index contributed by atoms with van der Waals surface area (Å²) in [6.45, 7) is 1.68. The first-order valence-corrected chi connectivity index (χ1v) is 16.7. The summed E-state index contributed by atoms with van der Waals surface area (Å²) >= 11 is 1.28. The van der Waals surface area contributed by atoms with E-state index in [0.29, 0.717) is 71.8 Å². The minimum absolute atomic E-state index is 0.0236. The quantitative estimate of drug-likeness (QED) is 0.281. The van der Waals surface area contributed by atoms with Crippen molar-refractivity contribution in [3.8, 4) is 10.4 Å². The highest BCUT2D eigenvalue weighted by Gasteiger charge is 2.42. The second-order valence-corrected chi connectivity index (χ2v) is 13.8. The van der Waals surface area contributed by atoms with Crippen molar-refractivity contribution in [2.24, 2.45) is 13.0 Å². The molecule has 0 radical (unpaired) electrons. The van der Waals surface area contributed by atoms with Crippen LogP contribution in [-0.2, 0) is 18.4 Å². The standard InChI is InChI=1S/C36H36FN5O4S/c1-39-17-13-27-32(39)38-23-42(34(27)44)22-36(46)15-19-40(20-16-36)33(43)25-14-18-41(21-28(25)24-7-3-2-4-8-24)35(45)31-12-11-30(47-31)26-9-5-6-10-29(26)37/h2-13,17,23,25,28,46H,14-16,18-22H2,1H3/t25-,28+/m1/s1. The van der Waals surface area contributed by atoms with E-state index < -0.39 is 5.60 Å². The van der Waals surface area contributed by atoms with E-state index in [9.17, 15) is 23.9 Å². The van der Waals surface area contributed by atoms with Gasteiger partial charge in [0, 0.05) is 61.7 Å². The normalized spacial score (nSPS) is 19.6. The molecule has 2 aliphatic heterocycles. The van der Waals surface area contributed by atoms with Crippen molar-refractivity contribution in [2.75, 3.05) is 26.2 Å². The Hall–Kier alpha value is -4.61. The number of rotatable bonds is 6. The fourth-order valence-corrected chi connectivity index (χ4v) is 8.03. The Kier molecular flexibility index (Phi) is 8.27.